The molecule has 0 saturated carbocycles. The van der Waals surface area contributed by atoms with E-state index >= 15 is 0 Å². The van der Waals surface area contributed by atoms with Crippen LogP contribution in [0.2, 0.25) is 0 Å². The van der Waals surface area contributed by atoms with E-state index in [2.05, 4.69) is 18.4 Å². The van der Waals surface area contributed by atoms with Gasteiger partial charge in [0.2, 0.25) is 0 Å². The van der Waals surface area contributed by atoms with Gasteiger partial charge in [0.1, 0.15) is 0 Å². The van der Waals surface area contributed by atoms with Gasteiger partial charge in [-0.3, -0.25) is 4.79 Å². The van der Waals surface area contributed by atoms with E-state index in [0.29, 0.717) is 6.42 Å². The highest BCUT2D eigenvalue weighted by Gasteiger charge is 1.95. The first-order valence-electron chi connectivity index (χ1n) is 8.05. The summed E-state index contributed by atoms with van der Waals surface area (Å²) in [7, 11) is 0. The monoisotopic (exact) mass is 278 g/mol. The lowest BCUT2D eigenvalue weighted by Crippen LogP contribution is -1.93. The fourth-order valence-electron chi connectivity index (χ4n) is 2.05. The summed E-state index contributed by atoms with van der Waals surface area (Å²) < 4.78 is 0. The number of rotatable bonds is 13. The minimum atomic E-state index is -0.686. The Kier molecular flexibility index (Phi) is 14.9. The Morgan fingerprint density at radius 2 is 1.35 bits per heavy atom. The molecule has 0 saturated heterocycles. The number of hydrogen-bond acceptors (Lipinski definition) is 1. The Morgan fingerprint density at radius 3 is 1.90 bits per heavy atom. The summed E-state index contributed by atoms with van der Waals surface area (Å²) in [5.41, 5.74) is 0. The molecule has 0 aliphatic carbocycles. The van der Waals surface area contributed by atoms with Crippen molar-refractivity contribution in [2.45, 2.75) is 83.5 Å². The molecule has 0 aromatic carbocycles. The summed E-state index contributed by atoms with van der Waals surface area (Å²) in [6.45, 7) is 3.72. The molecular formula is C18H30O2. The van der Waals surface area contributed by atoms with Gasteiger partial charge in [-0.25, -0.2) is 0 Å². The molecule has 0 spiro atoms. The molecule has 0 bridgehead atoms. The van der Waals surface area contributed by atoms with Crippen molar-refractivity contribution in [1.82, 2.24) is 0 Å². The van der Waals surface area contributed by atoms with Crippen LogP contribution in [0.5, 0.6) is 0 Å². The molecule has 0 amide bonds. The maximum atomic E-state index is 10.3. The molecule has 0 aliphatic heterocycles. The molecule has 0 aromatic heterocycles. The van der Waals surface area contributed by atoms with Gasteiger partial charge in [0.25, 0.3) is 0 Å². The summed E-state index contributed by atoms with van der Waals surface area (Å²) in [6, 6.07) is 0. The highest BCUT2D eigenvalue weighted by atomic mass is 16.4. The highest BCUT2D eigenvalue weighted by Crippen LogP contribution is 2.07. The molecule has 0 heterocycles. The van der Waals surface area contributed by atoms with E-state index in [4.69, 9.17) is 5.11 Å². The van der Waals surface area contributed by atoms with E-state index in [0.717, 1.165) is 44.9 Å². The van der Waals surface area contributed by atoms with E-state index in [1.165, 1.54) is 32.1 Å². The minimum Gasteiger partial charge on any atom is -0.481 e. The normalized spacial score (nSPS) is 9.80. The molecule has 0 aliphatic rings. The van der Waals surface area contributed by atoms with Crippen LogP contribution < -0.4 is 0 Å². The van der Waals surface area contributed by atoms with Gasteiger partial charge in [0.05, 0.1) is 0 Å². The molecule has 0 unspecified atom stereocenters. The fourth-order valence-corrected chi connectivity index (χ4v) is 2.05. The lowest BCUT2D eigenvalue weighted by atomic mass is 10.1. The van der Waals surface area contributed by atoms with Crippen molar-refractivity contribution < 1.29 is 9.90 Å². The molecule has 0 radical (unpaired) electrons. The lowest BCUT2D eigenvalue weighted by Gasteiger charge is -1.97. The Hall–Kier alpha value is -1.23. The second-order valence-electron chi connectivity index (χ2n) is 5.26. The SMILES string of the molecule is C=CCCCCCCCC#CCCCCCCC(=O)O. The topological polar surface area (TPSA) is 37.3 Å². The van der Waals surface area contributed by atoms with Crippen LogP contribution in [0.25, 0.3) is 0 Å². The quantitative estimate of drug-likeness (QED) is 0.281. The van der Waals surface area contributed by atoms with Crippen LogP contribution in [0.4, 0.5) is 0 Å². The number of carbonyl (C=O) groups is 1. The smallest absolute Gasteiger partial charge is 0.303 e. The van der Waals surface area contributed by atoms with Crippen molar-refractivity contribution in [3.05, 3.63) is 12.7 Å². The maximum Gasteiger partial charge on any atom is 0.303 e. The first-order valence-corrected chi connectivity index (χ1v) is 8.05. The fraction of sp³-hybridized carbons (Fsp3) is 0.722. The first kappa shape index (κ1) is 18.8. The van der Waals surface area contributed by atoms with Crippen molar-refractivity contribution in [3.63, 3.8) is 0 Å². The number of allylic oxidation sites excluding steroid dienone is 1. The van der Waals surface area contributed by atoms with E-state index in [1.54, 1.807) is 0 Å². The molecular weight excluding hydrogens is 248 g/mol. The van der Waals surface area contributed by atoms with Crippen molar-refractivity contribution in [3.8, 4) is 11.8 Å². The Bertz CT molecular complexity index is 296. The van der Waals surface area contributed by atoms with Crippen LogP contribution >= 0.6 is 0 Å². The van der Waals surface area contributed by atoms with E-state index in [1.807, 2.05) is 6.08 Å². The molecule has 20 heavy (non-hydrogen) atoms. The molecule has 0 rings (SSSR count). The van der Waals surface area contributed by atoms with E-state index in [9.17, 15) is 4.79 Å². The van der Waals surface area contributed by atoms with Gasteiger partial charge >= 0.3 is 5.97 Å². The Balaban J connectivity index is 3.13. The Labute approximate surface area is 124 Å². The summed E-state index contributed by atoms with van der Waals surface area (Å²) >= 11 is 0. The van der Waals surface area contributed by atoms with Crippen molar-refractivity contribution >= 4 is 5.97 Å². The molecule has 0 atom stereocenters. The number of carboxylic acids is 1. The molecule has 0 fully saturated rings. The van der Waals surface area contributed by atoms with Crippen LogP contribution in [0.15, 0.2) is 12.7 Å². The minimum absolute atomic E-state index is 0.304. The van der Waals surface area contributed by atoms with Gasteiger partial charge in [-0.2, -0.15) is 0 Å². The zero-order valence-corrected chi connectivity index (χ0v) is 12.8. The highest BCUT2D eigenvalue weighted by molar-refractivity contribution is 5.66. The third-order valence-corrected chi connectivity index (χ3v) is 3.28. The first-order chi connectivity index (χ1) is 9.77. The van der Waals surface area contributed by atoms with Gasteiger partial charge in [-0.1, -0.05) is 38.2 Å². The Morgan fingerprint density at radius 1 is 0.850 bits per heavy atom. The molecule has 2 heteroatoms. The molecule has 1 N–H and O–H groups in total. The van der Waals surface area contributed by atoms with E-state index < -0.39 is 5.97 Å². The molecule has 0 aromatic rings. The summed E-state index contributed by atoms with van der Waals surface area (Å²) in [6.07, 6.45) is 15.9. The summed E-state index contributed by atoms with van der Waals surface area (Å²) in [4.78, 5) is 10.3. The summed E-state index contributed by atoms with van der Waals surface area (Å²) in [5.74, 6) is 5.77. The van der Waals surface area contributed by atoms with Gasteiger partial charge in [-0.05, 0) is 32.1 Å². The predicted octanol–water partition coefficient (Wildman–Crippen LogP) is 5.33. The van der Waals surface area contributed by atoms with Crippen molar-refractivity contribution in [2.24, 2.45) is 0 Å². The van der Waals surface area contributed by atoms with Crippen molar-refractivity contribution in [2.75, 3.05) is 0 Å². The van der Waals surface area contributed by atoms with Gasteiger partial charge in [-0.15, -0.1) is 18.4 Å². The number of aliphatic carboxylic acids is 1. The lowest BCUT2D eigenvalue weighted by molar-refractivity contribution is -0.137. The standard InChI is InChI=1S/C18H30O2/c1-2-3-4-5-6-7-8-9-10-11-12-13-14-15-16-17-18(19)20/h2H,1,3-9,12-17H2,(H,19,20). The van der Waals surface area contributed by atoms with Crippen LogP contribution in [-0.2, 0) is 4.79 Å². The van der Waals surface area contributed by atoms with Crippen LogP contribution in [-0.4, -0.2) is 11.1 Å². The summed E-state index contributed by atoms with van der Waals surface area (Å²) in [5, 5.41) is 8.49. The zero-order valence-electron chi connectivity index (χ0n) is 12.8. The van der Waals surface area contributed by atoms with Crippen LogP contribution in [0, 0.1) is 11.8 Å². The number of carboxylic acid groups (broad SMARTS) is 1. The van der Waals surface area contributed by atoms with E-state index in [-0.39, 0.29) is 0 Å². The third-order valence-electron chi connectivity index (χ3n) is 3.28. The predicted molar refractivity (Wildman–Crippen MR) is 85.6 cm³/mol. The average molecular weight is 278 g/mol. The van der Waals surface area contributed by atoms with Crippen molar-refractivity contribution in [1.29, 1.82) is 0 Å². The zero-order chi connectivity index (χ0) is 14.9. The second-order valence-corrected chi connectivity index (χ2v) is 5.26. The third kappa shape index (κ3) is 16.8. The second kappa shape index (κ2) is 15.8. The average Bonchev–Trinajstić information content (AvgIpc) is 2.43. The van der Waals surface area contributed by atoms with Gasteiger partial charge < -0.3 is 5.11 Å². The van der Waals surface area contributed by atoms with Crippen LogP contribution in [0.3, 0.4) is 0 Å². The molecule has 114 valence electrons. The largest absolute Gasteiger partial charge is 0.481 e. The number of unbranched alkanes of at least 4 members (excludes halogenated alkanes) is 10. The maximum absolute atomic E-state index is 10.3. The van der Waals surface area contributed by atoms with Gasteiger partial charge in [0.15, 0.2) is 0 Å². The van der Waals surface area contributed by atoms with Crippen LogP contribution in [0.1, 0.15) is 83.5 Å². The number of hydrogen-bond donors (Lipinski definition) is 1. The van der Waals surface area contributed by atoms with Gasteiger partial charge in [0, 0.05) is 19.3 Å². The molecule has 2 nitrogen and oxygen atoms in total.